The van der Waals surface area contributed by atoms with E-state index in [2.05, 4.69) is 6.92 Å². The standard InChI is InChI=1S/C17H27NO2/c1-2-14-5-3-4-6-17(14)20-12-16(19)15-9-7-13(11-18)8-10-15/h7-10,14,16-17,19H,2-6,11-12,18H2,1H3. The molecule has 3 heteroatoms. The molecule has 0 amide bonds. The zero-order valence-electron chi connectivity index (χ0n) is 12.4. The lowest BCUT2D eigenvalue weighted by atomic mass is 9.85. The summed E-state index contributed by atoms with van der Waals surface area (Å²) >= 11 is 0. The fourth-order valence-electron chi connectivity index (χ4n) is 3.05. The largest absolute Gasteiger partial charge is 0.386 e. The second-order valence-corrected chi connectivity index (χ2v) is 5.79. The molecule has 0 aromatic heterocycles. The summed E-state index contributed by atoms with van der Waals surface area (Å²) in [5.74, 6) is 0.663. The maximum Gasteiger partial charge on any atom is 0.102 e. The Morgan fingerprint density at radius 2 is 1.95 bits per heavy atom. The summed E-state index contributed by atoms with van der Waals surface area (Å²) in [5.41, 5.74) is 7.57. The van der Waals surface area contributed by atoms with Crippen molar-refractivity contribution in [1.29, 1.82) is 0 Å². The molecular weight excluding hydrogens is 250 g/mol. The van der Waals surface area contributed by atoms with Crippen molar-refractivity contribution in [2.75, 3.05) is 6.61 Å². The van der Waals surface area contributed by atoms with Crippen molar-refractivity contribution in [2.24, 2.45) is 11.7 Å². The van der Waals surface area contributed by atoms with Crippen molar-refractivity contribution < 1.29 is 9.84 Å². The van der Waals surface area contributed by atoms with Crippen LogP contribution < -0.4 is 5.73 Å². The molecule has 0 heterocycles. The summed E-state index contributed by atoms with van der Waals surface area (Å²) in [5, 5.41) is 10.2. The highest BCUT2D eigenvalue weighted by atomic mass is 16.5. The van der Waals surface area contributed by atoms with Gasteiger partial charge in [0.25, 0.3) is 0 Å². The Hall–Kier alpha value is -0.900. The van der Waals surface area contributed by atoms with Gasteiger partial charge in [-0.15, -0.1) is 0 Å². The average molecular weight is 277 g/mol. The molecule has 1 fully saturated rings. The summed E-state index contributed by atoms with van der Waals surface area (Å²) in [6.07, 6.45) is 5.93. The predicted molar refractivity (Wildman–Crippen MR) is 81.3 cm³/mol. The Labute approximate surface area is 122 Å². The third-order valence-corrected chi connectivity index (χ3v) is 4.43. The van der Waals surface area contributed by atoms with E-state index in [-0.39, 0.29) is 0 Å². The van der Waals surface area contributed by atoms with Crippen LogP contribution in [0.25, 0.3) is 0 Å². The fraction of sp³-hybridized carbons (Fsp3) is 0.647. The number of aliphatic hydroxyl groups excluding tert-OH is 1. The van der Waals surface area contributed by atoms with E-state index in [1.165, 1.54) is 25.7 Å². The number of ether oxygens (including phenoxy) is 1. The zero-order chi connectivity index (χ0) is 14.4. The van der Waals surface area contributed by atoms with Crippen LogP contribution in [-0.4, -0.2) is 17.8 Å². The van der Waals surface area contributed by atoms with Crippen LogP contribution in [0.2, 0.25) is 0 Å². The molecule has 0 spiro atoms. The Morgan fingerprint density at radius 1 is 1.25 bits per heavy atom. The molecule has 3 N–H and O–H groups in total. The number of aliphatic hydroxyl groups is 1. The molecule has 3 nitrogen and oxygen atoms in total. The van der Waals surface area contributed by atoms with Gasteiger partial charge in [0.05, 0.1) is 12.7 Å². The van der Waals surface area contributed by atoms with Gasteiger partial charge in [0.1, 0.15) is 6.10 Å². The highest BCUT2D eigenvalue weighted by Crippen LogP contribution is 2.30. The molecule has 1 saturated carbocycles. The Morgan fingerprint density at radius 3 is 2.60 bits per heavy atom. The van der Waals surface area contributed by atoms with Crippen LogP contribution in [0.4, 0.5) is 0 Å². The minimum Gasteiger partial charge on any atom is -0.386 e. The second kappa shape index (κ2) is 7.77. The van der Waals surface area contributed by atoms with E-state index in [0.717, 1.165) is 17.5 Å². The van der Waals surface area contributed by atoms with Crippen LogP contribution in [-0.2, 0) is 11.3 Å². The van der Waals surface area contributed by atoms with Crippen molar-refractivity contribution in [3.63, 3.8) is 0 Å². The van der Waals surface area contributed by atoms with Crippen LogP contribution >= 0.6 is 0 Å². The van der Waals surface area contributed by atoms with E-state index >= 15 is 0 Å². The van der Waals surface area contributed by atoms with E-state index in [1.54, 1.807) is 0 Å². The minimum atomic E-state index is -0.541. The number of benzene rings is 1. The number of hydrogen-bond donors (Lipinski definition) is 2. The molecule has 1 aromatic rings. The van der Waals surface area contributed by atoms with E-state index in [1.807, 2.05) is 24.3 Å². The number of hydrogen-bond acceptors (Lipinski definition) is 3. The summed E-state index contributed by atoms with van der Waals surface area (Å²) in [6, 6.07) is 7.81. The van der Waals surface area contributed by atoms with Crippen LogP contribution in [0.3, 0.4) is 0 Å². The molecule has 1 aromatic carbocycles. The highest BCUT2D eigenvalue weighted by Gasteiger charge is 2.25. The lowest BCUT2D eigenvalue weighted by Crippen LogP contribution is -2.28. The average Bonchev–Trinajstić information content (AvgIpc) is 2.53. The van der Waals surface area contributed by atoms with Gasteiger partial charge in [-0.1, -0.05) is 50.5 Å². The van der Waals surface area contributed by atoms with Crippen molar-refractivity contribution in [1.82, 2.24) is 0 Å². The summed E-state index contributed by atoms with van der Waals surface area (Å²) < 4.78 is 5.98. The van der Waals surface area contributed by atoms with Crippen molar-refractivity contribution >= 4 is 0 Å². The Kier molecular flexibility index (Phi) is 6.02. The van der Waals surface area contributed by atoms with Gasteiger partial charge in [-0.2, -0.15) is 0 Å². The SMILES string of the molecule is CCC1CCCCC1OCC(O)c1ccc(CN)cc1. The molecule has 0 radical (unpaired) electrons. The zero-order valence-corrected chi connectivity index (χ0v) is 12.4. The summed E-state index contributed by atoms with van der Waals surface area (Å²) in [6.45, 7) is 3.16. The van der Waals surface area contributed by atoms with E-state index < -0.39 is 6.10 Å². The van der Waals surface area contributed by atoms with Gasteiger partial charge in [0, 0.05) is 6.54 Å². The molecule has 0 bridgehead atoms. The van der Waals surface area contributed by atoms with Gasteiger partial charge in [0.2, 0.25) is 0 Å². The van der Waals surface area contributed by atoms with Gasteiger partial charge >= 0.3 is 0 Å². The Balaban J connectivity index is 1.85. The third kappa shape index (κ3) is 4.05. The fourth-order valence-corrected chi connectivity index (χ4v) is 3.05. The summed E-state index contributed by atoms with van der Waals surface area (Å²) in [4.78, 5) is 0. The number of nitrogens with two attached hydrogens (primary N) is 1. The van der Waals surface area contributed by atoms with Crippen LogP contribution in [0, 0.1) is 5.92 Å². The van der Waals surface area contributed by atoms with E-state index in [9.17, 15) is 5.11 Å². The molecular formula is C17H27NO2. The molecule has 2 rings (SSSR count). The van der Waals surface area contributed by atoms with Gasteiger partial charge < -0.3 is 15.6 Å². The smallest absolute Gasteiger partial charge is 0.102 e. The maximum absolute atomic E-state index is 10.2. The minimum absolute atomic E-state index is 0.326. The first kappa shape index (κ1) is 15.5. The predicted octanol–water partition coefficient (Wildman–Crippen LogP) is 3.16. The van der Waals surface area contributed by atoms with Crippen molar-refractivity contribution in [3.8, 4) is 0 Å². The summed E-state index contributed by atoms with van der Waals surface area (Å²) in [7, 11) is 0. The van der Waals surface area contributed by atoms with Crippen LogP contribution in [0.1, 0.15) is 56.3 Å². The van der Waals surface area contributed by atoms with Gasteiger partial charge in [-0.25, -0.2) is 0 Å². The topological polar surface area (TPSA) is 55.5 Å². The molecule has 112 valence electrons. The molecule has 0 aliphatic heterocycles. The van der Waals surface area contributed by atoms with Crippen molar-refractivity contribution in [2.45, 2.75) is 57.8 Å². The monoisotopic (exact) mass is 277 g/mol. The Bertz CT molecular complexity index is 390. The lowest BCUT2D eigenvalue weighted by molar-refractivity contribution is -0.0514. The molecule has 3 atom stereocenters. The first-order valence-corrected chi connectivity index (χ1v) is 7.83. The first-order valence-electron chi connectivity index (χ1n) is 7.83. The van der Waals surface area contributed by atoms with E-state index in [4.69, 9.17) is 10.5 Å². The third-order valence-electron chi connectivity index (χ3n) is 4.43. The second-order valence-electron chi connectivity index (χ2n) is 5.79. The quantitative estimate of drug-likeness (QED) is 0.839. The number of rotatable bonds is 6. The molecule has 1 aliphatic rings. The molecule has 0 saturated heterocycles. The maximum atomic E-state index is 10.2. The van der Waals surface area contributed by atoms with Gasteiger partial charge in [-0.05, 0) is 29.9 Å². The van der Waals surface area contributed by atoms with E-state index in [0.29, 0.717) is 25.2 Å². The van der Waals surface area contributed by atoms with Gasteiger partial charge in [-0.3, -0.25) is 0 Å². The van der Waals surface area contributed by atoms with Gasteiger partial charge in [0.15, 0.2) is 0 Å². The first-order chi connectivity index (χ1) is 9.74. The highest BCUT2D eigenvalue weighted by molar-refractivity contribution is 5.24. The molecule has 3 unspecified atom stereocenters. The molecule has 1 aliphatic carbocycles. The normalized spacial score (nSPS) is 24.6. The lowest BCUT2D eigenvalue weighted by Gasteiger charge is -2.31. The molecule has 20 heavy (non-hydrogen) atoms. The van der Waals surface area contributed by atoms with Crippen molar-refractivity contribution in [3.05, 3.63) is 35.4 Å². The van der Waals surface area contributed by atoms with Crippen LogP contribution in [0.15, 0.2) is 24.3 Å². The van der Waals surface area contributed by atoms with Crippen LogP contribution in [0.5, 0.6) is 0 Å².